The van der Waals surface area contributed by atoms with E-state index in [0.717, 1.165) is 10.7 Å². The number of hydrogen-bond acceptors (Lipinski definition) is 4. The molecule has 0 saturated heterocycles. The molecule has 2 rings (SSSR count). The Bertz CT molecular complexity index is 506. The van der Waals surface area contributed by atoms with Crippen LogP contribution < -0.4 is 0 Å². The van der Waals surface area contributed by atoms with Crippen molar-refractivity contribution in [1.29, 1.82) is 0 Å². The second-order valence-electron chi connectivity index (χ2n) is 4.95. The Hall–Kier alpha value is -1.42. The number of nitrogens with zero attached hydrogens (tertiary/aromatic N) is 1. The van der Waals surface area contributed by atoms with Crippen LogP contribution in [0, 0.1) is 0 Å². The predicted molar refractivity (Wildman–Crippen MR) is 67.6 cm³/mol. The number of Topliss-reactive ketones (excluding diaryl/α,β-unsaturated/α-hetero) is 1. The van der Waals surface area contributed by atoms with Gasteiger partial charge in [0.2, 0.25) is 5.78 Å². The minimum Gasteiger partial charge on any atom is -0.461 e. The SMILES string of the molecule is CC(C)(C)c1csc(CC(=O)c2ccco2)n1. The van der Waals surface area contributed by atoms with Crippen molar-refractivity contribution in [3.05, 3.63) is 40.2 Å². The van der Waals surface area contributed by atoms with Gasteiger partial charge < -0.3 is 4.42 Å². The largest absolute Gasteiger partial charge is 0.461 e. The van der Waals surface area contributed by atoms with E-state index in [9.17, 15) is 4.79 Å². The van der Waals surface area contributed by atoms with E-state index in [4.69, 9.17) is 4.42 Å². The minimum atomic E-state index is -0.0233. The molecule has 0 unspecified atom stereocenters. The summed E-state index contributed by atoms with van der Waals surface area (Å²) in [6, 6.07) is 3.40. The van der Waals surface area contributed by atoms with Gasteiger partial charge in [-0.15, -0.1) is 11.3 Å². The molecule has 2 aromatic rings. The summed E-state index contributed by atoms with van der Waals surface area (Å²) in [4.78, 5) is 16.3. The number of aromatic nitrogens is 1. The highest BCUT2D eigenvalue weighted by Crippen LogP contribution is 2.24. The highest BCUT2D eigenvalue weighted by atomic mass is 32.1. The summed E-state index contributed by atoms with van der Waals surface area (Å²) in [7, 11) is 0. The van der Waals surface area contributed by atoms with Crippen LogP contribution in [0.4, 0.5) is 0 Å². The van der Waals surface area contributed by atoms with Crippen molar-refractivity contribution in [2.24, 2.45) is 0 Å². The zero-order valence-electron chi connectivity index (χ0n) is 10.2. The fourth-order valence-electron chi connectivity index (χ4n) is 1.40. The van der Waals surface area contributed by atoms with Crippen LogP contribution in [-0.2, 0) is 11.8 Å². The molecular formula is C13H15NO2S. The maximum atomic E-state index is 11.8. The van der Waals surface area contributed by atoms with E-state index in [2.05, 4.69) is 25.8 Å². The first-order valence-corrected chi connectivity index (χ1v) is 6.36. The Balaban J connectivity index is 2.10. The number of rotatable bonds is 3. The second-order valence-corrected chi connectivity index (χ2v) is 5.90. The first kappa shape index (κ1) is 12.0. The van der Waals surface area contributed by atoms with Gasteiger partial charge in [0.25, 0.3) is 0 Å². The maximum Gasteiger partial charge on any atom is 0.204 e. The van der Waals surface area contributed by atoms with E-state index in [0.29, 0.717) is 12.2 Å². The molecular weight excluding hydrogens is 234 g/mol. The molecule has 0 atom stereocenters. The summed E-state index contributed by atoms with van der Waals surface area (Å²) in [6.45, 7) is 6.33. The van der Waals surface area contributed by atoms with E-state index < -0.39 is 0 Å². The number of furan rings is 1. The Morgan fingerprint density at radius 2 is 2.24 bits per heavy atom. The van der Waals surface area contributed by atoms with E-state index in [1.807, 2.05) is 5.38 Å². The molecule has 0 aromatic carbocycles. The highest BCUT2D eigenvalue weighted by Gasteiger charge is 2.19. The lowest BCUT2D eigenvalue weighted by Crippen LogP contribution is -2.12. The van der Waals surface area contributed by atoms with Gasteiger partial charge in [0.1, 0.15) is 5.01 Å². The summed E-state index contributed by atoms with van der Waals surface area (Å²) in [5, 5.41) is 2.86. The third-order valence-corrected chi connectivity index (χ3v) is 3.28. The quantitative estimate of drug-likeness (QED) is 0.782. The van der Waals surface area contributed by atoms with Crippen LogP contribution in [0.1, 0.15) is 42.0 Å². The molecule has 0 amide bonds. The summed E-state index contributed by atoms with van der Waals surface area (Å²) >= 11 is 1.53. The average molecular weight is 249 g/mol. The van der Waals surface area contributed by atoms with Crippen molar-refractivity contribution in [2.45, 2.75) is 32.6 Å². The van der Waals surface area contributed by atoms with Gasteiger partial charge in [-0.05, 0) is 12.1 Å². The molecule has 3 nitrogen and oxygen atoms in total. The van der Waals surface area contributed by atoms with Crippen LogP contribution in [-0.4, -0.2) is 10.8 Å². The first-order valence-electron chi connectivity index (χ1n) is 5.48. The highest BCUT2D eigenvalue weighted by molar-refractivity contribution is 7.09. The molecule has 0 fully saturated rings. The third-order valence-electron chi connectivity index (χ3n) is 2.43. The molecule has 2 heterocycles. The van der Waals surface area contributed by atoms with E-state index in [-0.39, 0.29) is 11.2 Å². The van der Waals surface area contributed by atoms with Gasteiger partial charge in [0, 0.05) is 10.8 Å². The minimum absolute atomic E-state index is 0.0233. The molecule has 90 valence electrons. The lowest BCUT2D eigenvalue weighted by Gasteiger charge is -2.14. The standard InChI is InChI=1S/C13H15NO2S/c1-13(2,3)11-8-17-12(14-11)7-9(15)10-5-4-6-16-10/h4-6,8H,7H2,1-3H3. The van der Waals surface area contributed by atoms with Crippen molar-refractivity contribution in [2.75, 3.05) is 0 Å². The molecule has 2 aromatic heterocycles. The number of hydrogen-bond donors (Lipinski definition) is 0. The van der Waals surface area contributed by atoms with E-state index >= 15 is 0 Å². The molecule has 0 aliphatic rings. The number of carbonyl (C=O) groups excluding carboxylic acids is 1. The average Bonchev–Trinajstić information content (AvgIpc) is 2.85. The summed E-state index contributed by atoms with van der Waals surface area (Å²) < 4.78 is 5.07. The molecule has 4 heteroatoms. The lowest BCUT2D eigenvalue weighted by atomic mass is 9.93. The van der Waals surface area contributed by atoms with Gasteiger partial charge >= 0.3 is 0 Å². The summed E-state index contributed by atoms with van der Waals surface area (Å²) in [5.74, 6) is 0.377. The Labute approximate surface area is 104 Å². The van der Waals surface area contributed by atoms with Crippen LogP contribution in [0.5, 0.6) is 0 Å². The smallest absolute Gasteiger partial charge is 0.204 e. The fraction of sp³-hybridized carbons (Fsp3) is 0.385. The number of thiazole rings is 1. The fourth-order valence-corrected chi connectivity index (χ4v) is 2.42. The Morgan fingerprint density at radius 1 is 1.47 bits per heavy atom. The van der Waals surface area contributed by atoms with Crippen molar-refractivity contribution in [3.8, 4) is 0 Å². The molecule has 0 aliphatic carbocycles. The predicted octanol–water partition coefficient (Wildman–Crippen LogP) is 3.46. The van der Waals surface area contributed by atoms with E-state index in [1.54, 1.807) is 12.1 Å². The molecule has 17 heavy (non-hydrogen) atoms. The van der Waals surface area contributed by atoms with Gasteiger partial charge in [-0.1, -0.05) is 20.8 Å². The molecule has 0 spiro atoms. The normalized spacial score (nSPS) is 11.7. The molecule has 0 N–H and O–H groups in total. The second kappa shape index (κ2) is 4.45. The van der Waals surface area contributed by atoms with Crippen LogP contribution in [0.3, 0.4) is 0 Å². The van der Waals surface area contributed by atoms with Crippen LogP contribution in [0.15, 0.2) is 28.2 Å². The molecule has 0 aliphatic heterocycles. The zero-order valence-corrected chi connectivity index (χ0v) is 11.0. The van der Waals surface area contributed by atoms with Crippen molar-refractivity contribution in [1.82, 2.24) is 4.98 Å². The monoisotopic (exact) mass is 249 g/mol. The molecule has 0 saturated carbocycles. The zero-order chi connectivity index (χ0) is 12.5. The Kier molecular flexibility index (Phi) is 3.15. The van der Waals surface area contributed by atoms with Crippen molar-refractivity contribution in [3.63, 3.8) is 0 Å². The number of ketones is 1. The van der Waals surface area contributed by atoms with Gasteiger partial charge in [0.05, 0.1) is 18.4 Å². The van der Waals surface area contributed by atoms with Gasteiger partial charge in [-0.25, -0.2) is 4.98 Å². The third kappa shape index (κ3) is 2.82. The topological polar surface area (TPSA) is 43.1 Å². The van der Waals surface area contributed by atoms with E-state index in [1.165, 1.54) is 17.6 Å². The first-order chi connectivity index (χ1) is 7.97. The van der Waals surface area contributed by atoms with Crippen LogP contribution >= 0.6 is 11.3 Å². The lowest BCUT2D eigenvalue weighted by molar-refractivity contribution is 0.0966. The van der Waals surface area contributed by atoms with Gasteiger partial charge in [0.15, 0.2) is 5.76 Å². The summed E-state index contributed by atoms with van der Waals surface area (Å²) in [6.07, 6.45) is 1.82. The Morgan fingerprint density at radius 3 is 2.76 bits per heavy atom. The van der Waals surface area contributed by atoms with Gasteiger partial charge in [-0.3, -0.25) is 4.79 Å². The van der Waals surface area contributed by atoms with Gasteiger partial charge in [-0.2, -0.15) is 0 Å². The molecule has 0 radical (unpaired) electrons. The van der Waals surface area contributed by atoms with Crippen LogP contribution in [0.25, 0.3) is 0 Å². The summed E-state index contributed by atoms with van der Waals surface area (Å²) in [5.41, 5.74) is 1.06. The van der Waals surface area contributed by atoms with Crippen LogP contribution in [0.2, 0.25) is 0 Å². The van der Waals surface area contributed by atoms with Crippen molar-refractivity contribution >= 4 is 17.1 Å². The maximum absolute atomic E-state index is 11.8. The number of carbonyl (C=O) groups is 1. The molecule has 0 bridgehead atoms. The van der Waals surface area contributed by atoms with Crippen molar-refractivity contribution < 1.29 is 9.21 Å².